The van der Waals surface area contributed by atoms with Crippen LogP contribution in [-0.4, -0.2) is 56.6 Å². The fraction of sp³-hybridized carbons (Fsp3) is 0.571. The SMILES string of the molecule is CC(C)N1CCN(S(=O)(=O)c2ccc3c(c2)OCO3)CC1. The molecule has 0 unspecified atom stereocenters. The minimum atomic E-state index is -3.46. The van der Waals surface area contributed by atoms with Crippen LogP contribution in [0.25, 0.3) is 0 Å². The van der Waals surface area contributed by atoms with Crippen LogP contribution < -0.4 is 9.47 Å². The molecule has 0 aliphatic carbocycles. The molecule has 3 rings (SSSR count). The summed E-state index contributed by atoms with van der Waals surface area (Å²) in [6, 6.07) is 5.23. The van der Waals surface area contributed by atoms with Crippen LogP contribution >= 0.6 is 0 Å². The van der Waals surface area contributed by atoms with Crippen LogP contribution in [0, 0.1) is 0 Å². The van der Waals surface area contributed by atoms with E-state index >= 15 is 0 Å². The Balaban J connectivity index is 1.78. The Labute approximate surface area is 125 Å². The highest BCUT2D eigenvalue weighted by molar-refractivity contribution is 7.89. The number of fused-ring (bicyclic) bond motifs is 1. The van der Waals surface area contributed by atoms with Crippen molar-refractivity contribution in [3.63, 3.8) is 0 Å². The molecule has 7 heteroatoms. The first-order valence-electron chi connectivity index (χ1n) is 7.12. The highest BCUT2D eigenvalue weighted by atomic mass is 32.2. The van der Waals surface area contributed by atoms with Crippen molar-refractivity contribution in [3.8, 4) is 11.5 Å². The third-order valence-corrected chi connectivity index (χ3v) is 5.88. The van der Waals surface area contributed by atoms with Gasteiger partial charge in [0, 0.05) is 38.3 Å². The van der Waals surface area contributed by atoms with Crippen molar-refractivity contribution in [2.75, 3.05) is 33.0 Å². The lowest BCUT2D eigenvalue weighted by Crippen LogP contribution is -2.50. The molecule has 0 aromatic heterocycles. The van der Waals surface area contributed by atoms with Crippen molar-refractivity contribution < 1.29 is 17.9 Å². The molecule has 0 spiro atoms. The maximum atomic E-state index is 12.7. The topological polar surface area (TPSA) is 59.1 Å². The smallest absolute Gasteiger partial charge is 0.243 e. The standard InChI is InChI=1S/C14H20N2O4S/c1-11(2)15-5-7-16(8-6-15)21(17,18)12-3-4-13-14(9-12)20-10-19-13/h3-4,9,11H,5-8,10H2,1-2H3. The van der Waals surface area contributed by atoms with Gasteiger partial charge in [-0.25, -0.2) is 8.42 Å². The van der Waals surface area contributed by atoms with Gasteiger partial charge in [-0.15, -0.1) is 0 Å². The summed E-state index contributed by atoms with van der Waals surface area (Å²) in [6.07, 6.45) is 0. The predicted molar refractivity (Wildman–Crippen MR) is 78.0 cm³/mol. The third kappa shape index (κ3) is 2.73. The van der Waals surface area contributed by atoms with Crippen molar-refractivity contribution in [2.24, 2.45) is 0 Å². The second kappa shape index (κ2) is 5.47. The van der Waals surface area contributed by atoms with E-state index in [9.17, 15) is 8.42 Å². The van der Waals surface area contributed by atoms with Gasteiger partial charge in [-0.2, -0.15) is 4.31 Å². The van der Waals surface area contributed by atoms with Gasteiger partial charge in [-0.1, -0.05) is 0 Å². The van der Waals surface area contributed by atoms with E-state index in [0.29, 0.717) is 30.6 Å². The Bertz CT molecular complexity index is 622. The number of rotatable bonds is 3. The van der Waals surface area contributed by atoms with Gasteiger partial charge in [0.05, 0.1) is 4.90 Å². The monoisotopic (exact) mass is 312 g/mol. The Morgan fingerprint density at radius 1 is 1.05 bits per heavy atom. The van der Waals surface area contributed by atoms with Crippen LogP contribution in [0.4, 0.5) is 0 Å². The van der Waals surface area contributed by atoms with Crippen LogP contribution in [-0.2, 0) is 10.0 Å². The van der Waals surface area contributed by atoms with Crippen LogP contribution in [0.3, 0.4) is 0 Å². The Morgan fingerprint density at radius 3 is 2.38 bits per heavy atom. The molecule has 116 valence electrons. The molecule has 2 aliphatic heterocycles. The second-order valence-electron chi connectivity index (χ2n) is 5.55. The molecule has 0 saturated carbocycles. The number of hydrogen-bond acceptors (Lipinski definition) is 5. The molecule has 2 aliphatic rings. The van der Waals surface area contributed by atoms with Gasteiger partial charge < -0.3 is 9.47 Å². The molecule has 21 heavy (non-hydrogen) atoms. The van der Waals surface area contributed by atoms with E-state index in [-0.39, 0.29) is 11.7 Å². The van der Waals surface area contributed by atoms with E-state index in [2.05, 4.69) is 18.7 Å². The Morgan fingerprint density at radius 2 is 1.71 bits per heavy atom. The average Bonchev–Trinajstić information content (AvgIpc) is 2.94. The minimum Gasteiger partial charge on any atom is -0.454 e. The van der Waals surface area contributed by atoms with E-state index in [1.54, 1.807) is 22.5 Å². The maximum Gasteiger partial charge on any atom is 0.243 e. The molecular formula is C14H20N2O4S. The molecular weight excluding hydrogens is 292 g/mol. The average molecular weight is 312 g/mol. The fourth-order valence-electron chi connectivity index (χ4n) is 2.65. The van der Waals surface area contributed by atoms with Gasteiger partial charge in [0.25, 0.3) is 0 Å². The first-order chi connectivity index (χ1) is 9.98. The summed E-state index contributed by atoms with van der Waals surface area (Å²) in [5.74, 6) is 1.09. The number of hydrogen-bond donors (Lipinski definition) is 0. The van der Waals surface area contributed by atoms with Crippen LogP contribution in [0.5, 0.6) is 11.5 Å². The van der Waals surface area contributed by atoms with Crippen molar-refractivity contribution in [2.45, 2.75) is 24.8 Å². The highest BCUT2D eigenvalue weighted by Gasteiger charge is 2.30. The number of nitrogens with zero attached hydrogens (tertiary/aromatic N) is 2. The van der Waals surface area contributed by atoms with E-state index < -0.39 is 10.0 Å². The van der Waals surface area contributed by atoms with Crippen molar-refractivity contribution in [3.05, 3.63) is 18.2 Å². The molecule has 0 radical (unpaired) electrons. The summed E-state index contributed by atoms with van der Waals surface area (Å²) in [6.45, 7) is 6.97. The van der Waals surface area contributed by atoms with E-state index in [1.165, 1.54) is 0 Å². The normalized spacial score (nSPS) is 20.1. The number of ether oxygens (including phenoxy) is 2. The molecule has 0 amide bonds. The van der Waals surface area contributed by atoms with E-state index in [0.717, 1.165) is 13.1 Å². The van der Waals surface area contributed by atoms with E-state index in [4.69, 9.17) is 9.47 Å². The van der Waals surface area contributed by atoms with Crippen molar-refractivity contribution >= 4 is 10.0 Å². The van der Waals surface area contributed by atoms with Gasteiger partial charge in [0.1, 0.15) is 0 Å². The zero-order chi connectivity index (χ0) is 15.0. The Hall–Kier alpha value is -1.31. The number of piperazine rings is 1. The molecule has 1 aromatic carbocycles. The lowest BCUT2D eigenvalue weighted by atomic mass is 10.3. The van der Waals surface area contributed by atoms with Gasteiger partial charge in [0.2, 0.25) is 16.8 Å². The van der Waals surface area contributed by atoms with Crippen molar-refractivity contribution in [1.29, 1.82) is 0 Å². The molecule has 1 fully saturated rings. The van der Waals surface area contributed by atoms with Crippen LogP contribution in [0.1, 0.15) is 13.8 Å². The largest absolute Gasteiger partial charge is 0.454 e. The summed E-state index contributed by atoms with van der Waals surface area (Å²) in [5, 5.41) is 0. The van der Waals surface area contributed by atoms with Crippen molar-refractivity contribution in [1.82, 2.24) is 9.21 Å². The zero-order valence-electron chi connectivity index (χ0n) is 12.3. The zero-order valence-corrected chi connectivity index (χ0v) is 13.1. The molecule has 1 saturated heterocycles. The molecule has 0 N–H and O–H groups in total. The third-order valence-electron chi connectivity index (χ3n) is 3.99. The van der Waals surface area contributed by atoms with Crippen LogP contribution in [0.2, 0.25) is 0 Å². The summed E-state index contributed by atoms with van der Waals surface area (Å²) < 4.78 is 37.4. The lowest BCUT2D eigenvalue weighted by molar-refractivity contribution is 0.154. The first kappa shape index (κ1) is 14.6. The Kier molecular flexibility index (Phi) is 3.81. The van der Waals surface area contributed by atoms with E-state index in [1.807, 2.05) is 0 Å². The molecule has 1 aromatic rings. The molecule has 0 bridgehead atoms. The number of benzene rings is 1. The summed E-state index contributed by atoms with van der Waals surface area (Å²) in [7, 11) is -3.46. The summed E-state index contributed by atoms with van der Waals surface area (Å²) in [5.41, 5.74) is 0. The molecule has 2 heterocycles. The quantitative estimate of drug-likeness (QED) is 0.837. The second-order valence-corrected chi connectivity index (χ2v) is 7.49. The first-order valence-corrected chi connectivity index (χ1v) is 8.56. The predicted octanol–water partition coefficient (Wildman–Crippen LogP) is 1.13. The summed E-state index contributed by atoms with van der Waals surface area (Å²) in [4.78, 5) is 2.55. The van der Waals surface area contributed by atoms with Gasteiger partial charge >= 0.3 is 0 Å². The van der Waals surface area contributed by atoms with Gasteiger partial charge in [-0.3, -0.25) is 4.90 Å². The lowest BCUT2D eigenvalue weighted by Gasteiger charge is -2.36. The molecule has 0 atom stereocenters. The summed E-state index contributed by atoms with van der Waals surface area (Å²) >= 11 is 0. The maximum absolute atomic E-state index is 12.7. The molecule has 6 nitrogen and oxygen atoms in total. The highest BCUT2D eigenvalue weighted by Crippen LogP contribution is 2.34. The van der Waals surface area contributed by atoms with Gasteiger partial charge in [0.15, 0.2) is 11.5 Å². The van der Waals surface area contributed by atoms with Crippen LogP contribution in [0.15, 0.2) is 23.1 Å². The van der Waals surface area contributed by atoms with Gasteiger partial charge in [-0.05, 0) is 26.0 Å². The number of sulfonamides is 1. The fourth-order valence-corrected chi connectivity index (χ4v) is 4.08. The minimum absolute atomic E-state index is 0.145.